The molecule has 0 aliphatic carbocycles. The number of fused-ring (bicyclic) bond motifs is 1. The third kappa shape index (κ3) is 3.26. The molecule has 0 unspecified atom stereocenters. The van der Waals surface area contributed by atoms with Gasteiger partial charge in [-0.25, -0.2) is 0 Å². The number of aryl methyl sites for hydroxylation is 1. The molecule has 8 nitrogen and oxygen atoms in total. The van der Waals surface area contributed by atoms with Crippen molar-refractivity contribution in [1.82, 2.24) is 24.7 Å². The fraction of sp³-hybridized carbons (Fsp3) is 0.444. The SMILES string of the molecule is Cc1ccc(CN(C)C(=O)C2CCN(c3ccc4nncn4n3)CC2)o1. The molecule has 8 heteroatoms. The number of furan rings is 1. The number of rotatable bonds is 4. The molecule has 0 aromatic carbocycles. The summed E-state index contributed by atoms with van der Waals surface area (Å²) in [6.07, 6.45) is 3.24. The third-order valence-corrected chi connectivity index (χ3v) is 4.88. The molecule has 1 saturated heterocycles. The summed E-state index contributed by atoms with van der Waals surface area (Å²) in [5.41, 5.74) is 0.730. The van der Waals surface area contributed by atoms with Crippen LogP contribution < -0.4 is 4.90 Å². The monoisotopic (exact) mass is 354 g/mol. The molecule has 0 spiro atoms. The molecule has 0 saturated carbocycles. The first-order valence-electron chi connectivity index (χ1n) is 8.82. The number of aromatic nitrogens is 4. The smallest absolute Gasteiger partial charge is 0.225 e. The second-order valence-electron chi connectivity index (χ2n) is 6.79. The number of amides is 1. The highest BCUT2D eigenvalue weighted by Crippen LogP contribution is 2.24. The van der Waals surface area contributed by atoms with Gasteiger partial charge in [0.15, 0.2) is 5.65 Å². The largest absolute Gasteiger partial charge is 0.464 e. The van der Waals surface area contributed by atoms with Crippen molar-refractivity contribution < 1.29 is 9.21 Å². The Morgan fingerprint density at radius 1 is 1.27 bits per heavy atom. The lowest BCUT2D eigenvalue weighted by Gasteiger charge is -2.33. The summed E-state index contributed by atoms with van der Waals surface area (Å²) in [5.74, 6) is 2.81. The Labute approximate surface area is 151 Å². The number of hydrogen-bond donors (Lipinski definition) is 0. The van der Waals surface area contributed by atoms with E-state index in [2.05, 4.69) is 20.2 Å². The van der Waals surface area contributed by atoms with Crippen molar-refractivity contribution in [3.63, 3.8) is 0 Å². The lowest BCUT2D eigenvalue weighted by Crippen LogP contribution is -2.41. The number of carbonyl (C=O) groups excluding carboxylic acids is 1. The highest BCUT2D eigenvalue weighted by atomic mass is 16.3. The topological polar surface area (TPSA) is 79.8 Å². The van der Waals surface area contributed by atoms with Gasteiger partial charge in [0.05, 0.1) is 6.54 Å². The maximum atomic E-state index is 12.7. The van der Waals surface area contributed by atoms with Crippen LogP contribution in [-0.4, -0.2) is 50.8 Å². The fourth-order valence-electron chi connectivity index (χ4n) is 3.44. The summed E-state index contributed by atoms with van der Waals surface area (Å²) >= 11 is 0. The van der Waals surface area contributed by atoms with Crippen LogP contribution in [0.25, 0.3) is 5.65 Å². The van der Waals surface area contributed by atoms with Crippen LogP contribution in [0.15, 0.2) is 35.0 Å². The van der Waals surface area contributed by atoms with E-state index in [0.29, 0.717) is 6.54 Å². The van der Waals surface area contributed by atoms with E-state index in [0.717, 1.165) is 48.9 Å². The first kappa shape index (κ1) is 16.6. The molecule has 3 aromatic heterocycles. The second kappa shape index (κ2) is 6.78. The van der Waals surface area contributed by atoms with E-state index in [4.69, 9.17) is 4.42 Å². The molecular weight excluding hydrogens is 332 g/mol. The first-order chi connectivity index (χ1) is 12.6. The zero-order valence-corrected chi connectivity index (χ0v) is 15.0. The van der Waals surface area contributed by atoms with Gasteiger partial charge in [0.25, 0.3) is 0 Å². The summed E-state index contributed by atoms with van der Waals surface area (Å²) in [7, 11) is 1.84. The van der Waals surface area contributed by atoms with E-state index < -0.39 is 0 Å². The molecule has 1 amide bonds. The molecule has 3 aromatic rings. The summed E-state index contributed by atoms with van der Waals surface area (Å²) in [6.45, 7) is 4.04. The zero-order valence-electron chi connectivity index (χ0n) is 15.0. The van der Waals surface area contributed by atoms with Gasteiger partial charge in [-0.2, -0.15) is 4.52 Å². The Balaban J connectivity index is 1.35. The maximum absolute atomic E-state index is 12.7. The maximum Gasteiger partial charge on any atom is 0.225 e. The molecule has 136 valence electrons. The van der Waals surface area contributed by atoms with Crippen molar-refractivity contribution in [3.05, 3.63) is 42.1 Å². The van der Waals surface area contributed by atoms with Crippen LogP contribution in [-0.2, 0) is 11.3 Å². The molecule has 4 heterocycles. The molecule has 1 aliphatic rings. The predicted octanol–water partition coefficient (Wildman–Crippen LogP) is 1.90. The van der Waals surface area contributed by atoms with Crippen molar-refractivity contribution in [2.45, 2.75) is 26.3 Å². The van der Waals surface area contributed by atoms with Crippen LogP contribution in [0.1, 0.15) is 24.4 Å². The number of anilines is 1. The van der Waals surface area contributed by atoms with Crippen LogP contribution in [0.5, 0.6) is 0 Å². The summed E-state index contributed by atoms with van der Waals surface area (Å²) in [6, 6.07) is 7.71. The number of hydrogen-bond acceptors (Lipinski definition) is 6. The van der Waals surface area contributed by atoms with E-state index in [9.17, 15) is 4.79 Å². The number of nitrogens with zero attached hydrogens (tertiary/aromatic N) is 6. The fourth-order valence-corrected chi connectivity index (χ4v) is 3.44. The molecule has 1 fully saturated rings. The van der Waals surface area contributed by atoms with Gasteiger partial charge in [-0.15, -0.1) is 15.3 Å². The first-order valence-corrected chi connectivity index (χ1v) is 8.82. The minimum absolute atomic E-state index is 0.0472. The Kier molecular flexibility index (Phi) is 4.32. The van der Waals surface area contributed by atoms with Gasteiger partial charge in [-0.1, -0.05) is 0 Å². The molecular formula is C18H22N6O2. The summed E-state index contributed by atoms with van der Waals surface area (Å²) in [5, 5.41) is 12.4. The van der Waals surface area contributed by atoms with Gasteiger partial charge in [0, 0.05) is 26.1 Å². The Morgan fingerprint density at radius 3 is 2.81 bits per heavy atom. The highest BCUT2D eigenvalue weighted by molar-refractivity contribution is 5.78. The van der Waals surface area contributed by atoms with Crippen molar-refractivity contribution in [1.29, 1.82) is 0 Å². The average molecular weight is 354 g/mol. The van der Waals surface area contributed by atoms with Crippen LogP contribution in [0.4, 0.5) is 5.82 Å². The van der Waals surface area contributed by atoms with Crippen molar-refractivity contribution in [2.24, 2.45) is 5.92 Å². The quantitative estimate of drug-likeness (QED) is 0.712. The summed E-state index contributed by atoms with van der Waals surface area (Å²) in [4.78, 5) is 16.7. The van der Waals surface area contributed by atoms with Gasteiger partial charge < -0.3 is 14.2 Å². The number of piperidine rings is 1. The Bertz CT molecular complexity index is 909. The normalized spacial score (nSPS) is 15.5. The molecule has 4 rings (SSSR count). The minimum atomic E-state index is 0.0472. The van der Waals surface area contributed by atoms with Gasteiger partial charge in [-0.05, 0) is 44.0 Å². The molecule has 0 radical (unpaired) electrons. The van der Waals surface area contributed by atoms with Gasteiger partial charge >= 0.3 is 0 Å². The van der Waals surface area contributed by atoms with Crippen molar-refractivity contribution >= 4 is 17.4 Å². The minimum Gasteiger partial charge on any atom is -0.464 e. The van der Waals surface area contributed by atoms with Gasteiger partial charge in [0.1, 0.15) is 23.7 Å². The van der Waals surface area contributed by atoms with Gasteiger partial charge in [0.2, 0.25) is 5.91 Å². The van der Waals surface area contributed by atoms with Crippen LogP contribution in [0.2, 0.25) is 0 Å². The van der Waals surface area contributed by atoms with Gasteiger partial charge in [-0.3, -0.25) is 4.79 Å². The molecule has 0 N–H and O–H groups in total. The standard InChI is InChI=1S/C18H22N6O2/c1-13-3-4-15(26-13)11-22(2)18(25)14-7-9-23(10-8-14)17-6-5-16-20-19-12-24(16)21-17/h3-6,12,14H,7-11H2,1-2H3. The van der Waals surface area contributed by atoms with E-state index in [1.807, 2.05) is 38.2 Å². The second-order valence-corrected chi connectivity index (χ2v) is 6.79. The van der Waals surface area contributed by atoms with Crippen LogP contribution in [0, 0.1) is 12.8 Å². The number of carbonyl (C=O) groups is 1. The van der Waals surface area contributed by atoms with Crippen molar-refractivity contribution in [3.8, 4) is 0 Å². The third-order valence-electron chi connectivity index (χ3n) is 4.88. The van der Waals surface area contributed by atoms with Crippen LogP contribution >= 0.6 is 0 Å². The lowest BCUT2D eigenvalue weighted by atomic mass is 9.95. The Morgan fingerprint density at radius 2 is 2.08 bits per heavy atom. The summed E-state index contributed by atoms with van der Waals surface area (Å²) < 4.78 is 7.24. The lowest BCUT2D eigenvalue weighted by molar-refractivity contribution is -0.135. The highest BCUT2D eigenvalue weighted by Gasteiger charge is 2.28. The van der Waals surface area contributed by atoms with E-state index in [-0.39, 0.29) is 11.8 Å². The molecule has 0 bridgehead atoms. The average Bonchev–Trinajstić information content (AvgIpc) is 3.29. The molecule has 26 heavy (non-hydrogen) atoms. The molecule has 0 atom stereocenters. The Hall–Kier alpha value is -2.90. The van der Waals surface area contributed by atoms with E-state index >= 15 is 0 Å². The van der Waals surface area contributed by atoms with Crippen LogP contribution in [0.3, 0.4) is 0 Å². The van der Waals surface area contributed by atoms with Crippen molar-refractivity contribution in [2.75, 3.05) is 25.0 Å². The predicted molar refractivity (Wildman–Crippen MR) is 95.6 cm³/mol. The zero-order chi connectivity index (χ0) is 18.1. The van der Waals surface area contributed by atoms with E-state index in [1.54, 1.807) is 15.7 Å². The molecule has 1 aliphatic heterocycles. The van der Waals surface area contributed by atoms with E-state index in [1.165, 1.54) is 0 Å².